The van der Waals surface area contributed by atoms with E-state index in [1.807, 2.05) is 11.8 Å². The van der Waals surface area contributed by atoms with Gasteiger partial charge in [0.1, 0.15) is 0 Å². The average Bonchev–Trinajstić information content (AvgIpc) is 2.19. The molecule has 1 heterocycles. The number of aliphatic hydroxyl groups excluding tert-OH is 1. The van der Waals surface area contributed by atoms with Gasteiger partial charge >= 0.3 is 0 Å². The summed E-state index contributed by atoms with van der Waals surface area (Å²) in [4.78, 5) is 2.25. The smallest absolute Gasteiger partial charge is 0.213 e. The Morgan fingerprint density at radius 1 is 1.33 bits per heavy atom. The lowest BCUT2D eigenvalue weighted by Crippen LogP contribution is -2.40. The molecule has 0 spiro atoms. The lowest BCUT2D eigenvalue weighted by Gasteiger charge is -2.25. The van der Waals surface area contributed by atoms with Crippen molar-refractivity contribution in [3.05, 3.63) is 0 Å². The van der Waals surface area contributed by atoms with Crippen molar-refractivity contribution in [3.63, 3.8) is 0 Å². The molecule has 90 valence electrons. The lowest BCUT2D eigenvalue weighted by atomic mass is 10.5. The van der Waals surface area contributed by atoms with Gasteiger partial charge in [-0.2, -0.15) is 11.8 Å². The van der Waals surface area contributed by atoms with Crippen LogP contribution in [-0.2, 0) is 10.0 Å². The third-order valence-corrected chi connectivity index (χ3v) is 4.52. The number of nitrogens with one attached hydrogen (secondary N) is 1. The molecule has 0 radical (unpaired) electrons. The summed E-state index contributed by atoms with van der Waals surface area (Å²) in [7, 11) is -3.26. The number of hydrogen-bond acceptors (Lipinski definition) is 5. The highest BCUT2D eigenvalue weighted by Gasteiger charge is 2.12. The summed E-state index contributed by atoms with van der Waals surface area (Å²) in [5.74, 6) is 2.05. The standard InChI is InChI=1S/C8H18N2O3S2/c11-5-8-15(12,13)9-1-2-10-3-6-14-7-4-10/h9,11H,1-8H2. The molecular weight excluding hydrogens is 236 g/mol. The summed E-state index contributed by atoms with van der Waals surface area (Å²) >= 11 is 1.93. The minimum Gasteiger partial charge on any atom is -0.395 e. The highest BCUT2D eigenvalue weighted by Crippen LogP contribution is 2.07. The molecule has 1 saturated heterocycles. The molecule has 1 fully saturated rings. The second kappa shape index (κ2) is 6.70. The third kappa shape index (κ3) is 5.72. The number of rotatable bonds is 6. The van der Waals surface area contributed by atoms with Crippen molar-refractivity contribution in [2.75, 3.05) is 50.0 Å². The highest BCUT2D eigenvalue weighted by atomic mass is 32.2. The Bertz CT molecular complexity index is 263. The van der Waals surface area contributed by atoms with Crippen LogP contribution in [0.1, 0.15) is 0 Å². The van der Waals surface area contributed by atoms with Crippen LogP contribution < -0.4 is 4.72 Å². The van der Waals surface area contributed by atoms with Crippen LogP contribution in [-0.4, -0.2) is 68.5 Å². The maximum Gasteiger partial charge on any atom is 0.213 e. The van der Waals surface area contributed by atoms with E-state index in [1.165, 1.54) is 0 Å². The quantitative estimate of drug-likeness (QED) is 0.633. The molecule has 0 unspecified atom stereocenters. The molecule has 0 aromatic heterocycles. The Labute approximate surface area is 95.3 Å². The molecule has 1 aliphatic rings. The molecule has 1 rings (SSSR count). The number of nitrogens with zero attached hydrogens (tertiary/aromatic N) is 1. The largest absolute Gasteiger partial charge is 0.395 e. The van der Waals surface area contributed by atoms with E-state index in [-0.39, 0.29) is 12.4 Å². The highest BCUT2D eigenvalue weighted by molar-refractivity contribution is 7.99. The van der Waals surface area contributed by atoms with Crippen molar-refractivity contribution in [1.82, 2.24) is 9.62 Å². The summed E-state index contributed by atoms with van der Waals surface area (Å²) < 4.78 is 24.8. The zero-order valence-electron chi connectivity index (χ0n) is 8.68. The lowest BCUT2D eigenvalue weighted by molar-refractivity contribution is 0.306. The van der Waals surface area contributed by atoms with Crippen molar-refractivity contribution in [2.24, 2.45) is 0 Å². The van der Waals surface area contributed by atoms with E-state index in [2.05, 4.69) is 9.62 Å². The first kappa shape index (κ1) is 13.2. The van der Waals surface area contributed by atoms with E-state index in [9.17, 15) is 8.42 Å². The molecule has 15 heavy (non-hydrogen) atoms. The van der Waals surface area contributed by atoms with E-state index in [4.69, 9.17) is 5.11 Å². The zero-order chi connectivity index (χ0) is 11.1. The summed E-state index contributed by atoms with van der Waals surface area (Å²) in [6.07, 6.45) is 0. The Kier molecular flexibility index (Phi) is 5.91. The van der Waals surface area contributed by atoms with Gasteiger partial charge in [0.2, 0.25) is 10.0 Å². The van der Waals surface area contributed by atoms with Gasteiger partial charge in [-0.15, -0.1) is 0 Å². The first-order chi connectivity index (χ1) is 7.14. The molecule has 1 aliphatic heterocycles. The van der Waals surface area contributed by atoms with Crippen LogP contribution >= 0.6 is 11.8 Å². The van der Waals surface area contributed by atoms with Gasteiger partial charge in [0.15, 0.2) is 0 Å². The van der Waals surface area contributed by atoms with Gasteiger partial charge in [0.05, 0.1) is 12.4 Å². The second-order valence-electron chi connectivity index (χ2n) is 3.39. The Hall–Kier alpha value is 0.180. The summed E-state index contributed by atoms with van der Waals surface area (Å²) in [6.45, 7) is 2.94. The molecule has 0 atom stereocenters. The molecule has 7 heteroatoms. The number of aliphatic hydroxyl groups is 1. The maximum absolute atomic E-state index is 11.2. The van der Waals surface area contributed by atoms with Crippen molar-refractivity contribution in [1.29, 1.82) is 0 Å². The van der Waals surface area contributed by atoms with Crippen LogP contribution in [0.5, 0.6) is 0 Å². The second-order valence-corrected chi connectivity index (χ2v) is 6.54. The van der Waals surface area contributed by atoms with Crippen molar-refractivity contribution < 1.29 is 13.5 Å². The van der Waals surface area contributed by atoms with Gasteiger partial charge in [0, 0.05) is 37.7 Å². The van der Waals surface area contributed by atoms with Crippen LogP contribution in [0.2, 0.25) is 0 Å². The first-order valence-corrected chi connectivity index (χ1v) is 7.83. The van der Waals surface area contributed by atoms with Crippen LogP contribution in [0, 0.1) is 0 Å². The molecule has 0 saturated carbocycles. The average molecular weight is 254 g/mol. The number of hydrogen-bond donors (Lipinski definition) is 2. The summed E-state index contributed by atoms with van der Waals surface area (Å²) in [6, 6.07) is 0. The Balaban J connectivity index is 2.14. The minimum absolute atomic E-state index is 0.206. The molecule has 2 N–H and O–H groups in total. The Morgan fingerprint density at radius 3 is 2.60 bits per heavy atom. The topological polar surface area (TPSA) is 69.6 Å². The normalized spacial score (nSPS) is 19.3. The monoisotopic (exact) mass is 254 g/mol. The van der Waals surface area contributed by atoms with Gasteiger partial charge in [-0.1, -0.05) is 0 Å². The van der Waals surface area contributed by atoms with E-state index in [0.717, 1.165) is 31.1 Å². The SMILES string of the molecule is O=S(=O)(CCO)NCCN1CCSCC1. The summed E-state index contributed by atoms with van der Waals surface area (Å²) in [5.41, 5.74) is 0. The van der Waals surface area contributed by atoms with Crippen molar-refractivity contribution >= 4 is 21.8 Å². The van der Waals surface area contributed by atoms with Gasteiger partial charge in [-0.25, -0.2) is 13.1 Å². The minimum atomic E-state index is -3.26. The van der Waals surface area contributed by atoms with Crippen LogP contribution in [0.3, 0.4) is 0 Å². The molecule has 0 amide bonds. The first-order valence-electron chi connectivity index (χ1n) is 5.02. The molecule has 0 aromatic carbocycles. The van der Waals surface area contributed by atoms with E-state index in [1.54, 1.807) is 0 Å². The number of sulfonamides is 1. The van der Waals surface area contributed by atoms with Gasteiger partial charge in [0.25, 0.3) is 0 Å². The van der Waals surface area contributed by atoms with Gasteiger partial charge < -0.3 is 10.0 Å². The molecule has 0 bridgehead atoms. The van der Waals surface area contributed by atoms with E-state index < -0.39 is 10.0 Å². The number of thioether (sulfide) groups is 1. The van der Waals surface area contributed by atoms with Crippen LogP contribution in [0.25, 0.3) is 0 Å². The predicted octanol–water partition coefficient (Wildman–Crippen LogP) is -1.05. The van der Waals surface area contributed by atoms with Gasteiger partial charge in [-0.05, 0) is 0 Å². The molecular formula is C8H18N2O3S2. The van der Waals surface area contributed by atoms with Crippen molar-refractivity contribution in [3.8, 4) is 0 Å². The fourth-order valence-electron chi connectivity index (χ4n) is 1.38. The summed E-state index contributed by atoms with van der Waals surface area (Å²) in [5, 5.41) is 8.52. The van der Waals surface area contributed by atoms with Crippen LogP contribution in [0.4, 0.5) is 0 Å². The van der Waals surface area contributed by atoms with Crippen LogP contribution in [0.15, 0.2) is 0 Å². The fourth-order valence-corrected chi connectivity index (χ4v) is 3.14. The van der Waals surface area contributed by atoms with E-state index >= 15 is 0 Å². The fraction of sp³-hybridized carbons (Fsp3) is 1.00. The predicted molar refractivity (Wildman–Crippen MR) is 62.6 cm³/mol. The third-order valence-electron chi connectivity index (χ3n) is 2.21. The zero-order valence-corrected chi connectivity index (χ0v) is 10.3. The molecule has 0 aliphatic carbocycles. The maximum atomic E-state index is 11.2. The molecule has 0 aromatic rings. The van der Waals surface area contributed by atoms with E-state index in [0.29, 0.717) is 6.54 Å². The van der Waals surface area contributed by atoms with Crippen molar-refractivity contribution in [2.45, 2.75) is 0 Å². The molecule has 5 nitrogen and oxygen atoms in total. The van der Waals surface area contributed by atoms with Gasteiger partial charge in [-0.3, -0.25) is 0 Å². The Morgan fingerprint density at radius 2 is 2.00 bits per heavy atom.